The van der Waals surface area contributed by atoms with Crippen LogP contribution in [0.2, 0.25) is 0 Å². The highest BCUT2D eigenvalue weighted by Gasteiger charge is 2.18. The molecule has 0 aromatic heterocycles. The molecule has 1 atom stereocenters. The highest BCUT2D eigenvalue weighted by Crippen LogP contribution is 2.29. The van der Waals surface area contributed by atoms with Crippen molar-refractivity contribution in [3.63, 3.8) is 0 Å². The Labute approximate surface area is 128 Å². The van der Waals surface area contributed by atoms with Crippen LogP contribution >= 0.6 is 15.9 Å². The summed E-state index contributed by atoms with van der Waals surface area (Å²) in [6.07, 6.45) is 0.303. The summed E-state index contributed by atoms with van der Waals surface area (Å²) in [6, 6.07) is 5.69. The summed E-state index contributed by atoms with van der Waals surface area (Å²) in [5, 5.41) is 2.95. The van der Waals surface area contributed by atoms with E-state index in [0.717, 1.165) is 18.2 Å². The molecule has 1 nitrogen and oxygen atoms in total. The first-order valence-corrected chi connectivity index (χ1v) is 6.98. The van der Waals surface area contributed by atoms with E-state index in [4.69, 9.17) is 0 Å². The van der Waals surface area contributed by atoms with E-state index in [0.29, 0.717) is 17.5 Å². The Balaban J connectivity index is 2.32. The molecule has 6 heteroatoms. The lowest BCUT2D eigenvalue weighted by Crippen LogP contribution is -2.20. The Morgan fingerprint density at radius 1 is 1.00 bits per heavy atom. The largest absolute Gasteiger partial charge is 0.313 e. The SMILES string of the molecule is CNC(Cc1ccc(F)c(F)c1)c1ccc(F)c(F)c1Br. The summed E-state index contributed by atoms with van der Waals surface area (Å²) in [7, 11) is 1.65. The molecule has 0 heterocycles. The number of likely N-dealkylation sites (N-methyl/N-ethyl adjacent to an activating group) is 1. The second-order valence-corrected chi connectivity index (χ2v) is 5.35. The van der Waals surface area contributed by atoms with Gasteiger partial charge in [-0.2, -0.15) is 0 Å². The molecule has 21 heavy (non-hydrogen) atoms. The van der Waals surface area contributed by atoms with E-state index in [-0.39, 0.29) is 10.5 Å². The highest BCUT2D eigenvalue weighted by atomic mass is 79.9. The molecule has 2 aromatic carbocycles. The van der Waals surface area contributed by atoms with Gasteiger partial charge in [0.15, 0.2) is 23.3 Å². The van der Waals surface area contributed by atoms with E-state index >= 15 is 0 Å². The van der Waals surface area contributed by atoms with Gasteiger partial charge in [-0.05, 0) is 58.7 Å². The van der Waals surface area contributed by atoms with Gasteiger partial charge >= 0.3 is 0 Å². The molecular formula is C15H12BrF4N. The second-order valence-electron chi connectivity index (χ2n) is 4.56. The number of nitrogens with one attached hydrogen (secondary N) is 1. The molecule has 0 radical (unpaired) electrons. The van der Waals surface area contributed by atoms with E-state index in [9.17, 15) is 17.6 Å². The highest BCUT2D eigenvalue weighted by molar-refractivity contribution is 9.10. The first-order valence-electron chi connectivity index (χ1n) is 6.18. The van der Waals surface area contributed by atoms with Gasteiger partial charge in [0.1, 0.15) is 0 Å². The summed E-state index contributed by atoms with van der Waals surface area (Å²) >= 11 is 3.02. The summed E-state index contributed by atoms with van der Waals surface area (Å²) in [4.78, 5) is 0. The van der Waals surface area contributed by atoms with Gasteiger partial charge in [-0.15, -0.1) is 0 Å². The third kappa shape index (κ3) is 3.44. The molecule has 0 aliphatic rings. The van der Waals surface area contributed by atoms with Gasteiger partial charge in [-0.3, -0.25) is 0 Å². The fourth-order valence-corrected chi connectivity index (χ4v) is 2.68. The number of benzene rings is 2. The topological polar surface area (TPSA) is 12.0 Å². The van der Waals surface area contributed by atoms with Crippen molar-refractivity contribution in [2.45, 2.75) is 12.5 Å². The number of halogens is 5. The average molecular weight is 362 g/mol. The minimum absolute atomic E-state index is 0.0180. The maximum atomic E-state index is 13.6. The third-order valence-electron chi connectivity index (χ3n) is 3.21. The smallest absolute Gasteiger partial charge is 0.173 e. The molecule has 2 aromatic rings. The van der Waals surface area contributed by atoms with E-state index in [1.165, 1.54) is 12.1 Å². The molecule has 0 aliphatic heterocycles. The summed E-state index contributed by atoms with van der Waals surface area (Å²) in [5.41, 5.74) is 1.05. The van der Waals surface area contributed by atoms with Crippen LogP contribution in [-0.4, -0.2) is 7.05 Å². The molecule has 0 saturated heterocycles. The number of hydrogen-bond donors (Lipinski definition) is 1. The molecule has 112 valence electrons. The van der Waals surface area contributed by atoms with Crippen molar-refractivity contribution in [1.29, 1.82) is 0 Å². The molecule has 0 saturated carbocycles. The quantitative estimate of drug-likeness (QED) is 0.624. The standard InChI is InChI=1S/C15H12BrF4N/c1-21-13(7-8-2-4-10(17)12(19)6-8)9-3-5-11(18)15(20)14(9)16/h2-6,13,21H,7H2,1H3. The fourth-order valence-electron chi connectivity index (χ4n) is 2.08. The zero-order valence-corrected chi connectivity index (χ0v) is 12.6. The predicted octanol–water partition coefficient (Wildman–Crippen LogP) is 4.51. The fraction of sp³-hybridized carbons (Fsp3) is 0.200. The summed E-state index contributed by atoms with van der Waals surface area (Å²) in [6.45, 7) is 0. The number of hydrogen-bond acceptors (Lipinski definition) is 1. The van der Waals surface area contributed by atoms with E-state index in [1.54, 1.807) is 7.05 Å². The van der Waals surface area contributed by atoms with Gasteiger partial charge in [0, 0.05) is 6.04 Å². The Hall–Kier alpha value is -1.40. The maximum absolute atomic E-state index is 13.6. The van der Waals surface area contributed by atoms with Crippen molar-refractivity contribution in [2.24, 2.45) is 0 Å². The van der Waals surface area contributed by atoms with Crippen LogP contribution in [0.25, 0.3) is 0 Å². The first-order chi connectivity index (χ1) is 9.93. The minimum atomic E-state index is -0.974. The Kier molecular flexibility index (Phi) is 5.00. The lowest BCUT2D eigenvalue weighted by molar-refractivity contribution is 0.493. The molecule has 1 N–H and O–H groups in total. The van der Waals surface area contributed by atoms with Gasteiger partial charge in [0.05, 0.1) is 4.47 Å². The Bertz CT molecular complexity index is 660. The summed E-state index contributed by atoms with van der Waals surface area (Å²) in [5.74, 6) is -3.79. The van der Waals surface area contributed by atoms with Crippen LogP contribution < -0.4 is 5.32 Å². The normalized spacial score (nSPS) is 12.5. The van der Waals surface area contributed by atoms with Crippen LogP contribution in [0, 0.1) is 23.3 Å². The Morgan fingerprint density at radius 2 is 1.67 bits per heavy atom. The van der Waals surface area contributed by atoms with Crippen LogP contribution in [0.3, 0.4) is 0 Å². The van der Waals surface area contributed by atoms with Crippen molar-refractivity contribution in [3.05, 3.63) is 69.2 Å². The van der Waals surface area contributed by atoms with Crippen LogP contribution in [0.1, 0.15) is 17.2 Å². The third-order valence-corrected chi connectivity index (χ3v) is 4.02. The first kappa shape index (κ1) is 16.0. The van der Waals surface area contributed by atoms with Gasteiger partial charge < -0.3 is 5.32 Å². The minimum Gasteiger partial charge on any atom is -0.313 e. The zero-order valence-electron chi connectivity index (χ0n) is 11.1. The van der Waals surface area contributed by atoms with Crippen LogP contribution in [0.4, 0.5) is 17.6 Å². The lowest BCUT2D eigenvalue weighted by atomic mass is 9.98. The van der Waals surface area contributed by atoms with Gasteiger partial charge in [-0.25, -0.2) is 17.6 Å². The van der Waals surface area contributed by atoms with Gasteiger partial charge in [-0.1, -0.05) is 12.1 Å². The van der Waals surface area contributed by atoms with Gasteiger partial charge in [0.25, 0.3) is 0 Å². The number of rotatable bonds is 4. The average Bonchev–Trinajstić information content (AvgIpc) is 2.47. The molecule has 1 unspecified atom stereocenters. The van der Waals surface area contributed by atoms with Gasteiger partial charge in [0.2, 0.25) is 0 Å². The van der Waals surface area contributed by atoms with E-state index < -0.39 is 23.3 Å². The van der Waals surface area contributed by atoms with Crippen molar-refractivity contribution in [1.82, 2.24) is 5.32 Å². The van der Waals surface area contributed by atoms with E-state index in [2.05, 4.69) is 21.2 Å². The van der Waals surface area contributed by atoms with Crippen molar-refractivity contribution < 1.29 is 17.6 Å². The Morgan fingerprint density at radius 3 is 2.29 bits per heavy atom. The molecule has 0 amide bonds. The molecule has 0 aliphatic carbocycles. The molecule has 0 spiro atoms. The predicted molar refractivity (Wildman–Crippen MR) is 75.9 cm³/mol. The molecular weight excluding hydrogens is 350 g/mol. The zero-order chi connectivity index (χ0) is 15.6. The van der Waals surface area contributed by atoms with Crippen molar-refractivity contribution in [3.8, 4) is 0 Å². The van der Waals surface area contributed by atoms with E-state index in [1.807, 2.05) is 0 Å². The van der Waals surface area contributed by atoms with Crippen LogP contribution in [0.5, 0.6) is 0 Å². The summed E-state index contributed by atoms with van der Waals surface area (Å²) < 4.78 is 52.9. The van der Waals surface area contributed by atoms with Crippen molar-refractivity contribution in [2.75, 3.05) is 7.05 Å². The van der Waals surface area contributed by atoms with Crippen LogP contribution in [0.15, 0.2) is 34.8 Å². The maximum Gasteiger partial charge on any atom is 0.173 e. The molecule has 0 bridgehead atoms. The molecule has 2 rings (SSSR count). The second kappa shape index (κ2) is 6.58. The lowest BCUT2D eigenvalue weighted by Gasteiger charge is -2.19. The van der Waals surface area contributed by atoms with Crippen LogP contribution in [-0.2, 0) is 6.42 Å². The monoisotopic (exact) mass is 361 g/mol. The van der Waals surface area contributed by atoms with Crippen molar-refractivity contribution >= 4 is 15.9 Å². The molecule has 0 fully saturated rings.